The summed E-state index contributed by atoms with van der Waals surface area (Å²) in [6.07, 6.45) is 0. The number of hydrogen-bond acceptors (Lipinski definition) is 3. The maximum atomic E-state index is 12.2. The van der Waals surface area contributed by atoms with E-state index in [1.807, 2.05) is 0 Å². The highest BCUT2D eigenvalue weighted by Gasteiger charge is 2.48. The molecule has 0 aliphatic carbocycles. The summed E-state index contributed by atoms with van der Waals surface area (Å²) in [5.41, 5.74) is -1.36. The minimum atomic E-state index is -5.55. The molecule has 0 fully saturated rings. The summed E-state index contributed by atoms with van der Waals surface area (Å²) in [5, 5.41) is 0. The van der Waals surface area contributed by atoms with E-state index in [-0.39, 0.29) is 0 Å². The number of hydrogen-bond donors (Lipinski definition) is 1. The van der Waals surface area contributed by atoms with Crippen molar-refractivity contribution in [3.8, 4) is 0 Å². The lowest BCUT2D eigenvalue weighted by Crippen LogP contribution is -2.26. The second-order valence-corrected chi connectivity index (χ2v) is 4.72. The molecule has 0 aliphatic heterocycles. The number of nitrogens with two attached hydrogens (primary N) is 1. The lowest BCUT2D eigenvalue weighted by molar-refractivity contribution is -0.0436. The first-order valence-corrected chi connectivity index (χ1v) is 5.36. The molecule has 0 aliphatic rings. The molecule has 1 aromatic rings. The fourth-order valence-corrected chi connectivity index (χ4v) is 1.99. The van der Waals surface area contributed by atoms with Crippen LogP contribution in [0, 0.1) is 0 Å². The Morgan fingerprint density at radius 1 is 1.19 bits per heavy atom. The number of carbonyl (C=O) groups is 1. The predicted octanol–water partition coefficient (Wildman–Crippen LogP) is 1.08. The van der Waals surface area contributed by atoms with E-state index < -0.39 is 31.7 Å². The van der Waals surface area contributed by atoms with Crippen LogP contribution in [0.25, 0.3) is 0 Å². The molecular weight excluding hydrogens is 247 g/mol. The van der Waals surface area contributed by atoms with E-state index in [1.165, 1.54) is 6.07 Å². The maximum Gasteiger partial charge on any atom is 0.501 e. The van der Waals surface area contributed by atoms with Crippen LogP contribution in [0.1, 0.15) is 10.4 Å². The van der Waals surface area contributed by atoms with Crippen molar-refractivity contribution in [2.45, 2.75) is 10.4 Å². The van der Waals surface area contributed by atoms with Gasteiger partial charge in [0.25, 0.3) is 9.84 Å². The van der Waals surface area contributed by atoms with Gasteiger partial charge in [0.2, 0.25) is 5.91 Å². The Bertz CT molecular complexity index is 522. The Morgan fingerprint density at radius 3 is 2.12 bits per heavy atom. The largest absolute Gasteiger partial charge is 0.501 e. The third-order valence-corrected chi connectivity index (χ3v) is 3.29. The van der Waals surface area contributed by atoms with Crippen LogP contribution in [-0.4, -0.2) is 19.8 Å². The fourth-order valence-electron chi connectivity index (χ4n) is 1.03. The van der Waals surface area contributed by atoms with Crippen molar-refractivity contribution in [1.29, 1.82) is 0 Å². The van der Waals surface area contributed by atoms with Crippen LogP contribution in [0.2, 0.25) is 0 Å². The quantitative estimate of drug-likeness (QED) is 0.856. The number of halogens is 3. The van der Waals surface area contributed by atoms with Gasteiger partial charge in [-0.2, -0.15) is 13.2 Å². The number of carbonyl (C=O) groups excluding carboxylic acids is 1. The Balaban J connectivity index is 3.52. The summed E-state index contributed by atoms with van der Waals surface area (Å²) in [5.74, 6) is -1.23. The summed E-state index contributed by atoms with van der Waals surface area (Å²) in [6, 6.07) is 3.89. The van der Waals surface area contributed by atoms with Gasteiger partial charge in [0.1, 0.15) is 0 Å². The Labute approximate surface area is 88.8 Å². The zero-order valence-electron chi connectivity index (χ0n) is 7.65. The van der Waals surface area contributed by atoms with Gasteiger partial charge in [-0.3, -0.25) is 4.79 Å². The lowest BCUT2D eigenvalue weighted by Gasteiger charge is -2.10. The highest BCUT2D eigenvalue weighted by Crippen LogP contribution is 2.31. The van der Waals surface area contributed by atoms with Crippen LogP contribution in [-0.2, 0) is 9.84 Å². The Morgan fingerprint density at radius 2 is 1.69 bits per heavy atom. The minimum absolute atomic E-state index is 0.681. The van der Waals surface area contributed by atoms with Crippen molar-refractivity contribution in [3.63, 3.8) is 0 Å². The van der Waals surface area contributed by atoms with Gasteiger partial charge < -0.3 is 5.73 Å². The molecule has 0 radical (unpaired) electrons. The topological polar surface area (TPSA) is 77.2 Å². The van der Waals surface area contributed by atoms with E-state index in [1.54, 1.807) is 0 Å². The van der Waals surface area contributed by atoms with Crippen LogP contribution in [0.3, 0.4) is 0 Å². The molecule has 0 spiro atoms. The van der Waals surface area contributed by atoms with Gasteiger partial charge in [0.15, 0.2) is 0 Å². The standard InChI is InChI=1S/C8H6F3NO3S/c9-8(10,11)16(14,15)6-4-2-1-3-5(6)7(12)13/h1-4H,(H2,12,13). The molecule has 8 heteroatoms. The summed E-state index contributed by atoms with van der Waals surface area (Å²) in [7, 11) is -5.55. The van der Waals surface area contributed by atoms with Gasteiger partial charge in [0.05, 0.1) is 10.5 Å². The number of primary amides is 1. The predicted molar refractivity (Wildman–Crippen MR) is 48.2 cm³/mol. The lowest BCUT2D eigenvalue weighted by atomic mass is 10.2. The van der Waals surface area contributed by atoms with Gasteiger partial charge in [-0.25, -0.2) is 8.42 Å². The SMILES string of the molecule is NC(=O)c1ccccc1S(=O)(=O)C(F)(F)F. The maximum absolute atomic E-state index is 12.2. The van der Waals surface area contributed by atoms with Gasteiger partial charge in [-0.05, 0) is 12.1 Å². The third-order valence-electron chi connectivity index (χ3n) is 1.75. The van der Waals surface area contributed by atoms with E-state index in [0.717, 1.165) is 12.1 Å². The first-order chi connectivity index (χ1) is 7.18. The average molecular weight is 253 g/mol. The van der Waals surface area contributed by atoms with Gasteiger partial charge in [-0.1, -0.05) is 12.1 Å². The van der Waals surface area contributed by atoms with Crippen molar-refractivity contribution >= 4 is 15.7 Å². The first-order valence-electron chi connectivity index (χ1n) is 3.88. The number of benzene rings is 1. The van der Waals surface area contributed by atoms with E-state index in [0.29, 0.717) is 6.07 Å². The van der Waals surface area contributed by atoms with Crippen LogP contribution in [0.4, 0.5) is 13.2 Å². The fraction of sp³-hybridized carbons (Fsp3) is 0.125. The Hall–Kier alpha value is -1.57. The van der Waals surface area contributed by atoms with Crippen LogP contribution < -0.4 is 5.73 Å². The molecule has 4 nitrogen and oxygen atoms in total. The molecule has 0 unspecified atom stereocenters. The molecule has 1 aromatic carbocycles. The van der Waals surface area contributed by atoms with Gasteiger partial charge >= 0.3 is 5.51 Å². The average Bonchev–Trinajstić information content (AvgIpc) is 2.16. The number of sulfone groups is 1. The molecule has 88 valence electrons. The van der Waals surface area contributed by atoms with Crippen LogP contribution in [0.15, 0.2) is 29.2 Å². The normalized spacial score (nSPS) is 12.4. The molecule has 0 atom stereocenters. The van der Waals surface area contributed by atoms with Crippen molar-refractivity contribution in [2.24, 2.45) is 5.73 Å². The molecule has 0 bridgehead atoms. The molecular formula is C8H6F3NO3S. The van der Waals surface area contributed by atoms with E-state index >= 15 is 0 Å². The summed E-state index contributed by atoms with van der Waals surface area (Å²) in [4.78, 5) is 9.66. The number of rotatable bonds is 2. The van der Waals surface area contributed by atoms with Crippen molar-refractivity contribution in [1.82, 2.24) is 0 Å². The zero-order valence-corrected chi connectivity index (χ0v) is 8.47. The van der Waals surface area contributed by atoms with Crippen molar-refractivity contribution < 1.29 is 26.4 Å². The van der Waals surface area contributed by atoms with Crippen LogP contribution >= 0.6 is 0 Å². The van der Waals surface area contributed by atoms with Gasteiger partial charge in [0, 0.05) is 0 Å². The van der Waals surface area contributed by atoms with Gasteiger partial charge in [-0.15, -0.1) is 0 Å². The molecule has 0 saturated heterocycles. The summed E-state index contributed by atoms with van der Waals surface area (Å²) in [6.45, 7) is 0. The molecule has 0 saturated carbocycles. The second-order valence-electron chi connectivity index (χ2n) is 2.81. The molecule has 16 heavy (non-hydrogen) atoms. The van der Waals surface area contributed by atoms with E-state index in [2.05, 4.69) is 0 Å². The van der Waals surface area contributed by atoms with Crippen LogP contribution in [0.5, 0.6) is 0 Å². The minimum Gasteiger partial charge on any atom is -0.366 e. The summed E-state index contributed by atoms with van der Waals surface area (Å²) < 4.78 is 58.8. The molecule has 0 heterocycles. The smallest absolute Gasteiger partial charge is 0.366 e. The Kier molecular flexibility index (Phi) is 2.95. The zero-order chi connectivity index (χ0) is 12.6. The summed E-state index contributed by atoms with van der Waals surface area (Å²) >= 11 is 0. The monoisotopic (exact) mass is 253 g/mol. The van der Waals surface area contributed by atoms with Crippen molar-refractivity contribution in [2.75, 3.05) is 0 Å². The van der Waals surface area contributed by atoms with E-state index in [9.17, 15) is 26.4 Å². The highest BCUT2D eigenvalue weighted by atomic mass is 32.2. The second kappa shape index (κ2) is 3.78. The number of amides is 1. The third kappa shape index (κ3) is 2.01. The van der Waals surface area contributed by atoms with E-state index in [4.69, 9.17) is 5.73 Å². The molecule has 0 aromatic heterocycles. The number of alkyl halides is 3. The van der Waals surface area contributed by atoms with Crippen molar-refractivity contribution in [3.05, 3.63) is 29.8 Å². The highest BCUT2D eigenvalue weighted by molar-refractivity contribution is 7.92. The molecule has 2 N–H and O–H groups in total. The molecule has 1 amide bonds. The first kappa shape index (κ1) is 12.5. The molecule has 1 rings (SSSR count).